The number of aromatic amines is 1. The molecule has 610 valence electrons. The summed E-state index contributed by atoms with van der Waals surface area (Å²) in [6.45, 7) is 11.1. The zero-order valence-corrected chi connectivity index (χ0v) is 67.6. The van der Waals surface area contributed by atoms with Gasteiger partial charge in [-0.1, -0.05) is 41.1 Å². The summed E-state index contributed by atoms with van der Waals surface area (Å²) in [5.41, 5.74) is -5.92. The average molecular weight is 1650 g/mol. The molecule has 7 rings (SSSR count). The van der Waals surface area contributed by atoms with Crippen molar-refractivity contribution in [3.63, 3.8) is 0 Å². The average Bonchev–Trinajstić information content (AvgIpc) is 1.59. The number of hydrogen-bond donors (Lipinski definition) is 10. The number of carbonyl (C=O) groups excluding carboxylic acids is 9. The number of aryl methyl sites for hydroxylation is 1. The normalized spacial score (nSPS) is 28.1. The number of imidazole rings is 1. The summed E-state index contributed by atoms with van der Waals surface area (Å²) in [5, 5.41) is 72.8. The molecule has 39 nitrogen and oxygen atoms in total. The van der Waals surface area contributed by atoms with E-state index in [4.69, 9.17) is 51.5 Å². The zero-order chi connectivity index (χ0) is 81.2. The fourth-order valence-corrected chi connectivity index (χ4v) is 21.7. The molecule has 3 saturated heterocycles. The third-order valence-corrected chi connectivity index (χ3v) is 28.5. The summed E-state index contributed by atoms with van der Waals surface area (Å²) in [5.74, 6) is -4.14. The van der Waals surface area contributed by atoms with Crippen molar-refractivity contribution < 1.29 is 139 Å². The lowest BCUT2D eigenvalue weighted by atomic mass is 9.95. The van der Waals surface area contributed by atoms with E-state index in [1.807, 2.05) is 0 Å². The quantitative estimate of drug-likeness (QED) is 0.0203. The number of carbonyl (C=O) groups is 9. The number of aliphatic hydroxyl groups is 6. The molecule has 2 aromatic heterocycles. The Morgan fingerprint density at radius 2 is 0.944 bits per heavy atom. The van der Waals surface area contributed by atoms with E-state index in [9.17, 15) is 92.3 Å². The fraction of sp³-hybridized carbons (Fsp3) is 0.714. The van der Waals surface area contributed by atoms with Gasteiger partial charge in [-0.05, 0) is 109 Å². The van der Waals surface area contributed by atoms with Crippen molar-refractivity contribution in [2.24, 2.45) is 0 Å². The highest BCUT2D eigenvalue weighted by Crippen LogP contribution is 2.59. The van der Waals surface area contributed by atoms with Crippen molar-refractivity contribution in [1.82, 2.24) is 44.6 Å². The first-order valence-electron chi connectivity index (χ1n) is 34.4. The molecule has 5 aliphatic rings. The minimum atomic E-state index is -3.89. The lowest BCUT2D eigenvalue weighted by Gasteiger charge is -2.34. The van der Waals surface area contributed by atoms with Crippen LogP contribution in [0.4, 0.5) is 0 Å². The van der Waals surface area contributed by atoms with Crippen LogP contribution >= 0.6 is 54.3 Å². The standard InChI is InChI=1S/2C22H35N2O11PS.C19H30N5O8PS/c2*1-6-32-18(27)8-10-37-36(31,23-14(4)20(29)34-13(2)3)33-12-16-19(28)22(5,30)21(35-16)24-9-7-15(25)11-17(24)26;1-6-30-17(27)10(3)23-33(29,34-7-2)31-8-12-14(25)19(5,28)18(32-12)24-9-20-13-15(24)21-11(4)22-16(13)26/h2*7,9,13-14,16,19,21,28,30H,6,8,10-12H2,1-5H3,(H,23,31);9-10,12,14,18,25,28H,6-8H2,1-5H3,(H,23,29)(H,21,22,26)/t14-,16-,19-,21-,22-,36+;14-,16-,19-,21-,22-,36-;10-,12-,14-,18-,19-,33+/m111/s1. The Morgan fingerprint density at radius 1 is 0.583 bits per heavy atom. The van der Waals surface area contributed by atoms with Crippen LogP contribution in [-0.4, -0.2) is 266 Å². The maximum atomic E-state index is 13.6. The first kappa shape index (κ1) is 93.2. The molecule has 0 radical (unpaired) electrons. The highest BCUT2D eigenvalue weighted by molar-refractivity contribution is 8.56. The molecule has 108 heavy (non-hydrogen) atoms. The van der Waals surface area contributed by atoms with Gasteiger partial charge in [0.2, 0.25) is 11.8 Å². The molecule has 0 unspecified atom stereocenters. The number of H-pyrrole nitrogens is 1. The number of aromatic nitrogens is 4. The Morgan fingerprint density at radius 3 is 1.31 bits per heavy atom. The smallest absolute Gasteiger partial charge is 0.327 e. The monoisotopic (exact) mass is 1650 g/mol. The zero-order valence-electron chi connectivity index (χ0n) is 62.4. The van der Waals surface area contributed by atoms with E-state index in [0.29, 0.717) is 11.6 Å². The number of nitrogens with one attached hydrogen (secondary N) is 4. The van der Waals surface area contributed by atoms with E-state index in [0.717, 1.165) is 56.1 Å². The molecular weight excluding hydrogens is 1550 g/mol. The SMILES string of the molecule is CCOC(=O)CCS[P@@](=O)(N[C@H](C)C(=O)OC(C)C)OC[C@H]1O[C@@H](N2C=CC(=O)CC2=O)[C@](C)(O)[C@@H]1O.CCOC(=O)CCS[P@](=O)(N[C@H](C)C(=O)OC(C)C)OC[C@H]1O[C@@H](N2C=CC(=O)CC2=O)[C@](C)(O)[C@@H]1O.CCOC(=O)[C@@H](C)N[P@](=O)(OC[C@H]1O[C@@H](n2cnc3c(=O)[nH]c(C)nc32)[C@](C)(O)[C@@H]1O)SCC. The van der Waals surface area contributed by atoms with Crippen LogP contribution in [0.3, 0.4) is 0 Å². The van der Waals surface area contributed by atoms with E-state index < -0.39 is 207 Å². The maximum absolute atomic E-state index is 13.6. The highest BCUT2D eigenvalue weighted by Gasteiger charge is 2.58. The van der Waals surface area contributed by atoms with Crippen LogP contribution in [0.25, 0.3) is 11.2 Å². The number of hydrogen-bond acceptors (Lipinski definition) is 35. The van der Waals surface area contributed by atoms with Crippen molar-refractivity contribution in [1.29, 1.82) is 0 Å². The van der Waals surface area contributed by atoms with E-state index >= 15 is 0 Å². The van der Waals surface area contributed by atoms with Crippen molar-refractivity contribution in [2.45, 2.75) is 232 Å². The van der Waals surface area contributed by atoms with Gasteiger partial charge in [-0.2, -0.15) is 0 Å². The Balaban J connectivity index is 0.000000291. The number of allylic oxidation sites excluding steroid dienone is 2. The summed E-state index contributed by atoms with van der Waals surface area (Å²) >= 11 is 2.50. The predicted octanol–water partition coefficient (Wildman–Crippen LogP) is 2.61. The molecule has 45 heteroatoms. The number of rotatable bonds is 36. The Labute approximate surface area is 635 Å². The number of amides is 2. The Hall–Kier alpha value is -5.40. The molecule has 2 amide bonds. The molecule has 10 N–H and O–H groups in total. The van der Waals surface area contributed by atoms with E-state index in [1.165, 1.54) is 64.8 Å². The van der Waals surface area contributed by atoms with Gasteiger partial charge in [0.1, 0.15) is 77.4 Å². The Kier molecular flexibility index (Phi) is 35.3. The van der Waals surface area contributed by atoms with Crippen LogP contribution in [-0.2, 0) is 108 Å². The number of ketones is 2. The van der Waals surface area contributed by atoms with Crippen LogP contribution in [0.15, 0.2) is 35.7 Å². The van der Waals surface area contributed by atoms with E-state index in [-0.39, 0.29) is 61.9 Å². The maximum Gasteiger partial charge on any atom is 0.327 e. The van der Waals surface area contributed by atoms with Crippen molar-refractivity contribution >= 4 is 119 Å². The number of aliphatic hydroxyl groups excluding tert-OH is 3. The largest absolute Gasteiger partial charge is 0.466 e. The highest BCUT2D eigenvalue weighted by atomic mass is 32.7. The molecule has 3 fully saturated rings. The predicted molar refractivity (Wildman–Crippen MR) is 388 cm³/mol. The van der Waals surface area contributed by atoms with Gasteiger partial charge in [0.25, 0.3) is 5.56 Å². The summed E-state index contributed by atoms with van der Waals surface area (Å²) in [4.78, 5) is 132. The van der Waals surface area contributed by atoms with Gasteiger partial charge in [0.15, 0.2) is 41.4 Å². The van der Waals surface area contributed by atoms with Gasteiger partial charge in [0.05, 0.1) is 83.9 Å². The molecule has 7 heterocycles. The van der Waals surface area contributed by atoms with Gasteiger partial charge in [-0.25, -0.2) is 25.2 Å². The molecule has 18 atom stereocenters. The van der Waals surface area contributed by atoms with Crippen LogP contribution in [0.2, 0.25) is 0 Å². The van der Waals surface area contributed by atoms with Gasteiger partial charge in [-0.15, -0.1) is 0 Å². The minimum Gasteiger partial charge on any atom is -0.466 e. The Bertz CT molecular complexity index is 3620. The summed E-state index contributed by atoms with van der Waals surface area (Å²) < 4.78 is 101. The number of ether oxygens (including phenoxy) is 8. The van der Waals surface area contributed by atoms with Crippen LogP contribution < -0.4 is 20.8 Å². The van der Waals surface area contributed by atoms with E-state index in [2.05, 4.69) is 30.2 Å². The van der Waals surface area contributed by atoms with Gasteiger partial charge >= 0.3 is 50.0 Å². The van der Waals surface area contributed by atoms with Crippen LogP contribution in [0.5, 0.6) is 0 Å². The lowest BCUT2D eigenvalue weighted by Crippen LogP contribution is -2.54. The molecule has 0 bridgehead atoms. The molecule has 0 aromatic carbocycles. The topological polar surface area (TPSA) is 534 Å². The van der Waals surface area contributed by atoms with Gasteiger partial charge in [-0.3, -0.25) is 76.0 Å². The van der Waals surface area contributed by atoms with Gasteiger partial charge < -0.3 is 87.1 Å². The third-order valence-electron chi connectivity index (χ3n) is 16.0. The van der Waals surface area contributed by atoms with Crippen molar-refractivity contribution in [3.8, 4) is 0 Å². The second kappa shape index (κ2) is 40.9. The molecular formula is C63H100N9O30P3S3. The van der Waals surface area contributed by atoms with Gasteiger partial charge in [0, 0.05) is 29.7 Å². The molecule has 5 aliphatic heterocycles. The lowest BCUT2D eigenvalue weighted by molar-refractivity contribution is -0.158. The molecule has 0 aliphatic carbocycles. The number of esters is 5. The first-order chi connectivity index (χ1) is 50.3. The third kappa shape index (κ3) is 25.6. The number of fused-ring (bicyclic) bond motifs is 1. The van der Waals surface area contributed by atoms with Crippen molar-refractivity contribution in [3.05, 3.63) is 47.1 Å². The van der Waals surface area contributed by atoms with Crippen LogP contribution in [0, 0.1) is 6.92 Å². The second-order valence-electron chi connectivity index (χ2n) is 25.9. The fourth-order valence-electron chi connectivity index (χ4n) is 10.6. The summed E-state index contributed by atoms with van der Waals surface area (Å²) in [6.07, 6.45) is -7.72. The molecule has 2 aromatic rings. The second-order valence-corrected chi connectivity index (χ2v) is 39.3. The minimum absolute atomic E-state index is 0.0323. The van der Waals surface area contributed by atoms with Crippen LogP contribution in [0.1, 0.15) is 135 Å². The van der Waals surface area contributed by atoms with E-state index in [1.54, 1.807) is 62.3 Å². The van der Waals surface area contributed by atoms with Crippen molar-refractivity contribution in [2.75, 3.05) is 56.9 Å². The summed E-state index contributed by atoms with van der Waals surface area (Å²) in [7, 11) is 0. The molecule has 0 saturated carbocycles. The first-order valence-corrected chi connectivity index (χ1v) is 44.0. The summed E-state index contributed by atoms with van der Waals surface area (Å²) in [6, 6.07) is -2.97. The number of nitrogens with zero attached hydrogens (tertiary/aromatic N) is 5. The molecule has 0 spiro atoms.